The van der Waals surface area contributed by atoms with Crippen LogP contribution in [0.25, 0.3) is 11.1 Å². The average molecular weight is 340 g/mol. The van der Waals surface area contributed by atoms with Gasteiger partial charge in [0.1, 0.15) is 17.9 Å². The second kappa shape index (κ2) is 5.91. The van der Waals surface area contributed by atoms with Crippen LogP contribution in [0.3, 0.4) is 0 Å². The lowest BCUT2D eigenvalue weighted by Crippen LogP contribution is -2.43. The van der Waals surface area contributed by atoms with Crippen LogP contribution in [0.15, 0.2) is 46.8 Å². The number of nitrogens with zero attached hydrogens (tertiary/aromatic N) is 3. The Hall–Kier alpha value is -2.98. The summed E-state index contributed by atoms with van der Waals surface area (Å²) in [7, 11) is 1.55. The summed E-state index contributed by atoms with van der Waals surface area (Å²) in [5.74, 6) is -0.680. The topological polar surface area (TPSA) is 82.5 Å². The second-order valence-corrected chi connectivity index (χ2v) is 6.27. The van der Waals surface area contributed by atoms with Gasteiger partial charge in [-0.3, -0.25) is 9.69 Å². The van der Waals surface area contributed by atoms with Crippen LogP contribution in [-0.4, -0.2) is 23.8 Å². The predicted octanol–water partition coefficient (Wildman–Crippen LogP) is 2.81. The summed E-state index contributed by atoms with van der Waals surface area (Å²) in [6.07, 6.45) is 0. The van der Waals surface area contributed by atoms with Gasteiger partial charge in [-0.15, -0.1) is 11.3 Å². The van der Waals surface area contributed by atoms with Crippen molar-refractivity contribution in [2.24, 2.45) is 10.7 Å². The quantitative estimate of drug-likeness (QED) is 0.853. The number of nitrogens with two attached hydrogens (primary N) is 1. The molecular weight excluding hydrogens is 327 g/mol. The van der Waals surface area contributed by atoms with Gasteiger partial charge in [-0.2, -0.15) is 5.26 Å². The summed E-state index contributed by atoms with van der Waals surface area (Å²) in [6, 6.07) is 7.51. The highest BCUT2D eigenvalue weighted by atomic mass is 32.1. The highest BCUT2D eigenvalue weighted by Crippen LogP contribution is 2.36. The number of hydrogen-bond acceptors (Lipinski definition) is 5. The number of aliphatic imine (C=N–C) groups is 1. The highest BCUT2D eigenvalue weighted by Gasteiger charge is 2.30. The van der Waals surface area contributed by atoms with E-state index < -0.39 is 11.9 Å². The minimum absolute atomic E-state index is 0.0126. The van der Waals surface area contributed by atoms with Crippen molar-refractivity contribution < 1.29 is 9.18 Å². The van der Waals surface area contributed by atoms with E-state index in [2.05, 4.69) is 11.6 Å². The van der Waals surface area contributed by atoms with Gasteiger partial charge in [-0.05, 0) is 34.7 Å². The standard InChI is InChI=1S/C17H13FN4OS/c1-9-15(21-17(20)22(2)16(9)23)14-6-12(8-24-14)10-3-4-13(18)11(5-10)7-19/h3-6,8,15H,1H2,2H3,(H2,20,21)/t15-/m0/s1. The first-order valence-corrected chi connectivity index (χ1v) is 7.89. The smallest absolute Gasteiger partial charge is 0.258 e. The lowest BCUT2D eigenvalue weighted by molar-refractivity contribution is -0.123. The number of amides is 1. The van der Waals surface area contributed by atoms with E-state index in [0.717, 1.165) is 16.0 Å². The fraction of sp³-hybridized carbons (Fsp3) is 0.118. The summed E-state index contributed by atoms with van der Waals surface area (Å²) in [4.78, 5) is 18.5. The molecule has 1 amide bonds. The average Bonchev–Trinajstić information content (AvgIpc) is 3.06. The Balaban J connectivity index is 1.98. The van der Waals surface area contributed by atoms with Gasteiger partial charge in [-0.25, -0.2) is 9.38 Å². The Labute approximate surface area is 142 Å². The molecule has 3 rings (SSSR count). The molecule has 0 saturated heterocycles. The van der Waals surface area contributed by atoms with Gasteiger partial charge >= 0.3 is 0 Å². The number of guanidine groups is 1. The number of nitriles is 1. The minimum atomic E-state index is -0.552. The van der Waals surface area contributed by atoms with Gasteiger partial charge in [0.25, 0.3) is 5.91 Å². The molecule has 2 aromatic rings. The van der Waals surface area contributed by atoms with Crippen molar-refractivity contribution in [2.75, 3.05) is 7.05 Å². The third kappa shape index (κ3) is 2.57. The summed E-state index contributed by atoms with van der Waals surface area (Å²) >= 11 is 1.41. The molecule has 0 saturated carbocycles. The molecule has 0 bridgehead atoms. The van der Waals surface area contributed by atoms with E-state index in [9.17, 15) is 9.18 Å². The van der Waals surface area contributed by atoms with E-state index >= 15 is 0 Å². The minimum Gasteiger partial charge on any atom is -0.369 e. The Bertz CT molecular complexity index is 925. The highest BCUT2D eigenvalue weighted by molar-refractivity contribution is 7.10. The lowest BCUT2D eigenvalue weighted by Gasteiger charge is -2.26. The Morgan fingerprint density at radius 1 is 1.42 bits per heavy atom. The van der Waals surface area contributed by atoms with E-state index in [4.69, 9.17) is 11.0 Å². The van der Waals surface area contributed by atoms with Crippen LogP contribution >= 0.6 is 11.3 Å². The Morgan fingerprint density at radius 2 is 2.17 bits per heavy atom. The molecule has 0 unspecified atom stereocenters. The molecule has 1 aliphatic heterocycles. The van der Waals surface area contributed by atoms with Crippen molar-refractivity contribution >= 4 is 23.2 Å². The molecule has 0 fully saturated rings. The summed E-state index contributed by atoms with van der Waals surface area (Å²) < 4.78 is 13.5. The van der Waals surface area contributed by atoms with Gasteiger partial charge in [0.05, 0.1) is 5.56 Å². The number of likely N-dealkylation sites (N-methyl/N-ethyl adjacent to an activating group) is 1. The molecule has 1 aromatic carbocycles. The summed E-state index contributed by atoms with van der Waals surface area (Å²) in [5, 5.41) is 10.8. The van der Waals surface area contributed by atoms with E-state index in [1.165, 1.54) is 28.4 Å². The van der Waals surface area contributed by atoms with Crippen LogP contribution < -0.4 is 5.73 Å². The van der Waals surface area contributed by atoms with E-state index in [1.807, 2.05) is 17.5 Å². The first-order chi connectivity index (χ1) is 11.4. The van der Waals surface area contributed by atoms with Crippen LogP contribution in [0.1, 0.15) is 16.5 Å². The van der Waals surface area contributed by atoms with Crippen molar-refractivity contribution in [3.8, 4) is 17.2 Å². The SMILES string of the molecule is C=C1C(=O)N(C)C(N)=N[C@@H]1c1cc(-c2ccc(F)c(C#N)c2)cs1. The molecule has 0 aliphatic carbocycles. The number of carbonyl (C=O) groups excluding carboxylic acids is 1. The molecule has 2 heterocycles. The molecule has 0 spiro atoms. The van der Waals surface area contributed by atoms with Gasteiger partial charge in [0.2, 0.25) is 0 Å². The Kier molecular flexibility index (Phi) is 3.91. The van der Waals surface area contributed by atoms with E-state index in [-0.39, 0.29) is 17.4 Å². The number of carbonyl (C=O) groups is 1. The molecule has 7 heteroatoms. The molecule has 1 aliphatic rings. The van der Waals surface area contributed by atoms with Crippen molar-refractivity contribution in [3.63, 3.8) is 0 Å². The first kappa shape index (κ1) is 15.9. The molecule has 0 radical (unpaired) electrons. The molecular formula is C17H13FN4OS. The van der Waals surface area contributed by atoms with Gasteiger partial charge in [0.15, 0.2) is 5.96 Å². The van der Waals surface area contributed by atoms with Crippen LogP contribution in [0, 0.1) is 17.1 Å². The third-order valence-electron chi connectivity index (χ3n) is 3.82. The van der Waals surface area contributed by atoms with Crippen molar-refractivity contribution in [1.29, 1.82) is 5.26 Å². The Morgan fingerprint density at radius 3 is 2.88 bits per heavy atom. The van der Waals surface area contributed by atoms with Gasteiger partial charge in [-0.1, -0.05) is 12.6 Å². The van der Waals surface area contributed by atoms with Crippen molar-refractivity contribution in [3.05, 3.63) is 58.1 Å². The van der Waals surface area contributed by atoms with Crippen LogP contribution in [0.2, 0.25) is 0 Å². The molecule has 1 atom stereocenters. The van der Waals surface area contributed by atoms with Crippen molar-refractivity contribution in [2.45, 2.75) is 6.04 Å². The normalized spacial score (nSPS) is 17.6. The fourth-order valence-electron chi connectivity index (χ4n) is 2.41. The zero-order valence-electron chi connectivity index (χ0n) is 12.8. The number of halogens is 1. The second-order valence-electron chi connectivity index (χ2n) is 5.32. The molecule has 24 heavy (non-hydrogen) atoms. The maximum Gasteiger partial charge on any atom is 0.258 e. The van der Waals surface area contributed by atoms with E-state index in [0.29, 0.717) is 5.57 Å². The molecule has 1 aromatic heterocycles. The van der Waals surface area contributed by atoms with Gasteiger partial charge < -0.3 is 5.73 Å². The predicted molar refractivity (Wildman–Crippen MR) is 90.7 cm³/mol. The maximum atomic E-state index is 13.5. The van der Waals surface area contributed by atoms with Gasteiger partial charge in [0, 0.05) is 17.5 Å². The van der Waals surface area contributed by atoms with E-state index in [1.54, 1.807) is 13.1 Å². The third-order valence-corrected chi connectivity index (χ3v) is 4.81. The van der Waals surface area contributed by atoms with Crippen LogP contribution in [-0.2, 0) is 4.79 Å². The van der Waals surface area contributed by atoms with Crippen molar-refractivity contribution in [1.82, 2.24) is 4.90 Å². The van der Waals surface area contributed by atoms with Crippen LogP contribution in [0.4, 0.5) is 4.39 Å². The summed E-state index contributed by atoms with van der Waals surface area (Å²) in [5.41, 5.74) is 7.64. The van der Waals surface area contributed by atoms with Crippen LogP contribution in [0.5, 0.6) is 0 Å². The number of thiophene rings is 1. The maximum absolute atomic E-state index is 13.5. The molecule has 2 N–H and O–H groups in total. The molecule has 5 nitrogen and oxygen atoms in total. The monoisotopic (exact) mass is 340 g/mol. The zero-order chi connectivity index (χ0) is 17.4. The fourth-order valence-corrected chi connectivity index (χ4v) is 3.39. The number of hydrogen-bond donors (Lipinski definition) is 1. The molecule has 120 valence electrons. The summed E-state index contributed by atoms with van der Waals surface area (Å²) in [6.45, 7) is 3.82. The number of rotatable bonds is 2. The number of benzene rings is 1. The lowest BCUT2D eigenvalue weighted by atomic mass is 10.0. The zero-order valence-corrected chi connectivity index (χ0v) is 13.6. The first-order valence-electron chi connectivity index (χ1n) is 7.01. The largest absolute Gasteiger partial charge is 0.369 e.